The predicted octanol–water partition coefficient (Wildman–Crippen LogP) is 1.59. The average Bonchev–Trinajstić information content (AvgIpc) is 2.74. The summed E-state index contributed by atoms with van der Waals surface area (Å²) in [4.78, 5) is 0. The molecular weight excluding hydrogens is 152 g/mol. The van der Waals surface area contributed by atoms with Gasteiger partial charge >= 0.3 is 0 Å². The maximum absolute atomic E-state index is 6.04. The maximum Gasteiger partial charge on any atom is 0.114 e. The first kappa shape index (κ1) is 7.34. The molecule has 2 aliphatic heterocycles. The highest BCUT2D eigenvalue weighted by Crippen LogP contribution is 2.63. The molecule has 68 valence electrons. The molecule has 6 atom stereocenters. The van der Waals surface area contributed by atoms with Gasteiger partial charge in [0.05, 0.1) is 17.8 Å². The van der Waals surface area contributed by atoms with Crippen molar-refractivity contribution in [1.29, 1.82) is 0 Å². The Kier molecular flexibility index (Phi) is 1.15. The Bertz CT molecular complexity index is 226. The summed E-state index contributed by atoms with van der Waals surface area (Å²) in [5.41, 5.74) is 0.0920. The van der Waals surface area contributed by atoms with E-state index in [1.165, 1.54) is 0 Å². The fourth-order valence-corrected chi connectivity index (χ4v) is 3.56. The zero-order valence-corrected chi connectivity index (χ0v) is 7.91. The molecule has 3 rings (SSSR count). The van der Waals surface area contributed by atoms with Crippen molar-refractivity contribution in [3.05, 3.63) is 0 Å². The first-order chi connectivity index (χ1) is 5.70. The van der Waals surface area contributed by atoms with Crippen molar-refractivity contribution in [3.63, 3.8) is 0 Å². The average molecular weight is 168 g/mol. The molecule has 3 aliphatic rings. The van der Waals surface area contributed by atoms with Crippen LogP contribution in [-0.2, 0) is 9.47 Å². The van der Waals surface area contributed by atoms with Crippen molar-refractivity contribution in [1.82, 2.24) is 0 Å². The molecule has 1 aliphatic carbocycles. The fourth-order valence-electron chi connectivity index (χ4n) is 3.56. The number of rotatable bonds is 1. The second kappa shape index (κ2) is 1.88. The second-order valence-electron chi connectivity index (χ2n) is 4.52. The third-order valence-electron chi connectivity index (χ3n) is 4.23. The molecule has 0 aromatic rings. The summed E-state index contributed by atoms with van der Waals surface area (Å²) < 4.78 is 11.7. The number of ether oxygens (including phenoxy) is 2. The molecule has 2 heterocycles. The zero-order chi connectivity index (χ0) is 8.51. The molecule has 0 aromatic carbocycles. The molecule has 12 heavy (non-hydrogen) atoms. The predicted molar refractivity (Wildman–Crippen MR) is 44.9 cm³/mol. The van der Waals surface area contributed by atoms with Crippen LogP contribution >= 0.6 is 0 Å². The van der Waals surface area contributed by atoms with Gasteiger partial charge in [0, 0.05) is 5.92 Å². The molecule has 0 spiro atoms. The van der Waals surface area contributed by atoms with E-state index >= 15 is 0 Å². The molecule has 0 aromatic heterocycles. The Morgan fingerprint density at radius 3 is 2.58 bits per heavy atom. The minimum absolute atomic E-state index is 0.0920. The van der Waals surface area contributed by atoms with Gasteiger partial charge in [-0.3, -0.25) is 0 Å². The van der Waals surface area contributed by atoms with Crippen molar-refractivity contribution in [2.45, 2.75) is 51.1 Å². The van der Waals surface area contributed by atoms with Crippen LogP contribution in [-0.4, -0.2) is 23.9 Å². The van der Waals surface area contributed by atoms with E-state index in [0.29, 0.717) is 30.1 Å². The van der Waals surface area contributed by atoms with Crippen LogP contribution in [0.15, 0.2) is 0 Å². The lowest BCUT2D eigenvalue weighted by atomic mass is 9.86. The quantitative estimate of drug-likeness (QED) is 0.554. The summed E-state index contributed by atoms with van der Waals surface area (Å²) >= 11 is 0. The largest absolute Gasteiger partial charge is 0.369 e. The molecule has 2 heteroatoms. The van der Waals surface area contributed by atoms with Gasteiger partial charge in [0.1, 0.15) is 6.10 Å². The molecule has 0 radical (unpaired) electrons. The van der Waals surface area contributed by atoms with Gasteiger partial charge in [-0.15, -0.1) is 0 Å². The summed E-state index contributed by atoms with van der Waals surface area (Å²) in [5.74, 6) is 1.39. The highest BCUT2D eigenvalue weighted by molar-refractivity contribution is 5.21. The van der Waals surface area contributed by atoms with Crippen LogP contribution in [0.2, 0.25) is 0 Å². The summed E-state index contributed by atoms with van der Waals surface area (Å²) in [5, 5.41) is 0. The summed E-state index contributed by atoms with van der Waals surface area (Å²) in [6, 6.07) is 0. The first-order valence-corrected chi connectivity index (χ1v) is 5.04. The summed E-state index contributed by atoms with van der Waals surface area (Å²) in [6.07, 6.45) is 2.52. The molecule has 1 saturated carbocycles. The molecule has 2 nitrogen and oxygen atoms in total. The lowest BCUT2D eigenvalue weighted by Crippen LogP contribution is -2.38. The Hall–Kier alpha value is -0.0800. The van der Waals surface area contributed by atoms with E-state index in [1.54, 1.807) is 0 Å². The number of fused-ring (bicyclic) bond motifs is 5. The van der Waals surface area contributed by atoms with Crippen LogP contribution in [0.25, 0.3) is 0 Å². The second-order valence-corrected chi connectivity index (χ2v) is 4.52. The lowest BCUT2D eigenvalue weighted by Gasteiger charge is -2.28. The van der Waals surface area contributed by atoms with E-state index < -0.39 is 0 Å². The standard InChI is InChI=1S/C10H16O2/c1-4-10-5(2)7(6(3)12-10)8-9(10)11-8/h5-9H,4H2,1-3H3/t5-,6+,7+,8?,9?,10+/m1/s1. The Balaban J connectivity index is 2.02. The monoisotopic (exact) mass is 168 g/mol. The molecule has 0 N–H and O–H groups in total. The molecular formula is C10H16O2. The van der Waals surface area contributed by atoms with Gasteiger partial charge in [-0.25, -0.2) is 0 Å². The zero-order valence-electron chi connectivity index (χ0n) is 7.91. The number of epoxide rings is 1. The molecule has 2 bridgehead atoms. The van der Waals surface area contributed by atoms with Crippen LogP contribution in [0.1, 0.15) is 27.2 Å². The van der Waals surface area contributed by atoms with Gasteiger partial charge in [-0.05, 0) is 19.3 Å². The van der Waals surface area contributed by atoms with E-state index in [-0.39, 0.29) is 5.60 Å². The highest BCUT2D eigenvalue weighted by Gasteiger charge is 2.74. The van der Waals surface area contributed by atoms with Crippen molar-refractivity contribution in [2.24, 2.45) is 11.8 Å². The number of hydrogen-bond donors (Lipinski definition) is 0. The minimum Gasteiger partial charge on any atom is -0.369 e. The van der Waals surface area contributed by atoms with Gasteiger partial charge in [0.25, 0.3) is 0 Å². The van der Waals surface area contributed by atoms with Gasteiger partial charge in [0.15, 0.2) is 0 Å². The fraction of sp³-hybridized carbons (Fsp3) is 1.00. The van der Waals surface area contributed by atoms with Gasteiger partial charge in [-0.2, -0.15) is 0 Å². The normalized spacial score (nSPS) is 66.8. The van der Waals surface area contributed by atoms with E-state index in [4.69, 9.17) is 9.47 Å². The van der Waals surface area contributed by atoms with Crippen molar-refractivity contribution < 1.29 is 9.47 Å². The molecule has 3 fully saturated rings. The molecule has 2 unspecified atom stereocenters. The maximum atomic E-state index is 6.04. The van der Waals surface area contributed by atoms with Crippen LogP contribution in [0.4, 0.5) is 0 Å². The lowest BCUT2D eigenvalue weighted by molar-refractivity contribution is -0.0728. The van der Waals surface area contributed by atoms with Crippen molar-refractivity contribution >= 4 is 0 Å². The van der Waals surface area contributed by atoms with Crippen molar-refractivity contribution in [3.8, 4) is 0 Å². The van der Waals surface area contributed by atoms with Gasteiger partial charge < -0.3 is 9.47 Å². The van der Waals surface area contributed by atoms with E-state index in [1.807, 2.05) is 0 Å². The van der Waals surface area contributed by atoms with E-state index in [0.717, 1.165) is 6.42 Å². The Labute approximate surface area is 73.2 Å². The first-order valence-electron chi connectivity index (χ1n) is 5.04. The van der Waals surface area contributed by atoms with Gasteiger partial charge in [0.2, 0.25) is 0 Å². The highest BCUT2D eigenvalue weighted by atomic mass is 16.7. The molecule has 0 amide bonds. The van der Waals surface area contributed by atoms with Crippen molar-refractivity contribution in [2.75, 3.05) is 0 Å². The topological polar surface area (TPSA) is 21.8 Å². The number of hydrogen-bond acceptors (Lipinski definition) is 2. The Morgan fingerprint density at radius 2 is 2.08 bits per heavy atom. The van der Waals surface area contributed by atoms with Gasteiger partial charge in [-0.1, -0.05) is 13.8 Å². The third kappa shape index (κ3) is 0.549. The summed E-state index contributed by atoms with van der Waals surface area (Å²) in [6.45, 7) is 6.74. The van der Waals surface area contributed by atoms with E-state index in [2.05, 4.69) is 20.8 Å². The smallest absolute Gasteiger partial charge is 0.114 e. The molecule has 2 saturated heterocycles. The van der Waals surface area contributed by atoms with Crippen LogP contribution in [0, 0.1) is 11.8 Å². The van der Waals surface area contributed by atoms with E-state index in [9.17, 15) is 0 Å². The van der Waals surface area contributed by atoms with Crippen LogP contribution in [0.3, 0.4) is 0 Å². The third-order valence-corrected chi connectivity index (χ3v) is 4.23. The van der Waals surface area contributed by atoms with Crippen LogP contribution < -0.4 is 0 Å². The Morgan fingerprint density at radius 1 is 1.33 bits per heavy atom. The summed E-state index contributed by atoms with van der Waals surface area (Å²) in [7, 11) is 0. The minimum atomic E-state index is 0.0920. The van der Waals surface area contributed by atoms with Crippen LogP contribution in [0.5, 0.6) is 0 Å². The SMILES string of the molecule is CC[C@@]12O[C@@H](C)[C@@H](C3OC31)[C@H]2C.